The van der Waals surface area contributed by atoms with Crippen molar-refractivity contribution in [1.82, 2.24) is 0 Å². The fraction of sp³-hybridized carbons (Fsp3) is 0.233. The third kappa shape index (κ3) is 5.47. The summed E-state index contributed by atoms with van der Waals surface area (Å²) in [7, 11) is 0. The number of thiocarbonyl (C=S) groups is 2. The zero-order chi connectivity index (χ0) is 32.0. The van der Waals surface area contributed by atoms with Gasteiger partial charge in [0.05, 0.1) is 40.1 Å². The van der Waals surface area contributed by atoms with Gasteiger partial charge in [0.25, 0.3) is 0 Å². The SMILES string of the molecule is Cc1ccc(N2C(=S)N(c3ccc(C#N)c(C(F)(F)F)c3)/C(=N\C(=S)Nc3ccc(C#N)c(C(F)(F)F)c3)C23CCC3)cc1. The highest BCUT2D eigenvalue weighted by atomic mass is 32.1. The number of benzene rings is 3. The van der Waals surface area contributed by atoms with Gasteiger partial charge >= 0.3 is 12.4 Å². The second-order valence-electron chi connectivity index (χ2n) is 10.2. The van der Waals surface area contributed by atoms with Crippen LogP contribution in [-0.2, 0) is 12.4 Å². The molecule has 1 saturated carbocycles. The van der Waals surface area contributed by atoms with E-state index in [0.29, 0.717) is 18.5 Å². The molecule has 0 aromatic heterocycles. The first kappa shape index (κ1) is 30.9. The Balaban J connectivity index is 1.64. The van der Waals surface area contributed by atoms with E-state index in [1.54, 1.807) is 6.07 Å². The molecule has 0 radical (unpaired) electrons. The first-order valence-corrected chi connectivity index (χ1v) is 13.8. The van der Waals surface area contributed by atoms with Crippen molar-refractivity contribution >= 4 is 57.6 Å². The van der Waals surface area contributed by atoms with Gasteiger partial charge in [0.2, 0.25) is 0 Å². The van der Waals surface area contributed by atoms with Crippen LogP contribution in [0.4, 0.5) is 43.4 Å². The number of rotatable bonds is 3. The molecule has 0 atom stereocenters. The van der Waals surface area contributed by atoms with Crippen LogP contribution in [-0.4, -0.2) is 21.6 Å². The van der Waals surface area contributed by atoms with Crippen molar-refractivity contribution in [2.45, 2.75) is 44.1 Å². The van der Waals surface area contributed by atoms with Gasteiger partial charge in [0.1, 0.15) is 11.4 Å². The Morgan fingerprint density at radius 2 is 1.41 bits per heavy atom. The third-order valence-electron chi connectivity index (χ3n) is 7.50. The molecule has 1 aliphatic carbocycles. The number of nitrogens with zero attached hydrogens (tertiary/aromatic N) is 5. The summed E-state index contributed by atoms with van der Waals surface area (Å²) in [5.41, 5.74) is -2.84. The van der Waals surface area contributed by atoms with Crippen molar-refractivity contribution in [2.75, 3.05) is 15.1 Å². The Morgan fingerprint density at radius 1 is 0.864 bits per heavy atom. The van der Waals surface area contributed by atoms with E-state index in [1.165, 1.54) is 23.1 Å². The summed E-state index contributed by atoms with van der Waals surface area (Å²) >= 11 is 11.3. The summed E-state index contributed by atoms with van der Waals surface area (Å²) in [6, 6.07) is 16.6. The van der Waals surface area contributed by atoms with Crippen LogP contribution in [0.15, 0.2) is 65.7 Å². The quantitative estimate of drug-likeness (QED) is 0.229. The molecule has 224 valence electrons. The molecule has 0 unspecified atom stereocenters. The molecule has 5 rings (SSSR count). The summed E-state index contributed by atoms with van der Waals surface area (Å²) < 4.78 is 82.5. The van der Waals surface area contributed by atoms with E-state index in [4.69, 9.17) is 29.7 Å². The van der Waals surface area contributed by atoms with Crippen LogP contribution in [0.1, 0.15) is 47.1 Å². The molecule has 1 heterocycles. The number of nitrogens with one attached hydrogen (secondary N) is 1. The number of hydrogen-bond donors (Lipinski definition) is 1. The fourth-order valence-corrected chi connectivity index (χ4v) is 5.96. The highest BCUT2D eigenvalue weighted by Gasteiger charge is 2.58. The Bertz CT molecular complexity index is 1780. The summed E-state index contributed by atoms with van der Waals surface area (Å²) in [5.74, 6) is 0.189. The van der Waals surface area contributed by atoms with Gasteiger partial charge in [-0.05, 0) is 99.2 Å². The van der Waals surface area contributed by atoms with Crippen molar-refractivity contribution in [2.24, 2.45) is 4.99 Å². The van der Waals surface area contributed by atoms with Crippen molar-refractivity contribution < 1.29 is 26.3 Å². The van der Waals surface area contributed by atoms with Gasteiger partial charge in [0.15, 0.2) is 10.2 Å². The predicted molar refractivity (Wildman–Crippen MR) is 161 cm³/mol. The van der Waals surface area contributed by atoms with Gasteiger partial charge in [-0.2, -0.15) is 36.9 Å². The van der Waals surface area contributed by atoms with E-state index in [0.717, 1.165) is 36.2 Å². The van der Waals surface area contributed by atoms with Gasteiger partial charge in [0, 0.05) is 11.4 Å². The molecule has 1 N–H and O–H groups in total. The molecule has 2 aliphatic rings. The number of nitriles is 2. The average molecular weight is 643 g/mol. The molecular formula is C30H20F6N6S2. The van der Waals surface area contributed by atoms with E-state index in [1.807, 2.05) is 36.1 Å². The third-order valence-corrected chi connectivity index (χ3v) is 8.06. The Labute approximate surface area is 258 Å². The molecule has 1 aliphatic heterocycles. The highest BCUT2D eigenvalue weighted by molar-refractivity contribution is 7.81. The monoisotopic (exact) mass is 642 g/mol. The maximum absolute atomic E-state index is 14.0. The maximum Gasteiger partial charge on any atom is 0.417 e. The largest absolute Gasteiger partial charge is 0.417 e. The number of anilines is 3. The lowest BCUT2D eigenvalue weighted by molar-refractivity contribution is -0.138. The molecule has 0 amide bonds. The molecule has 6 nitrogen and oxygen atoms in total. The van der Waals surface area contributed by atoms with Crippen LogP contribution >= 0.6 is 24.4 Å². The van der Waals surface area contributed by atoms with E-state index in [2.05, 4.69) is 10.3 Å². The second-order valence-corrected chi connectivity index (χ2v) is 11.0. The zero-order valence-corrected chi connectivity index (χ0v) is 24.3. The van der Waals surface area contributed by atoms with E-state index in [-0.39, 0.29) is 27.4 Å². The lowest BCUT2D eigenvalue weighted by atomic mass is 9.74. The fourth-order valence-electron chi connectivity index (χ4n) is 5.28. The van der Waals surface area contributed by atoms with E-state index in [9.17, 15) is 31.6 Å². The molecule has 0 bridgehead atoms. The van der Waals surface area contributed by atoms with Gasteiger partial charge in [-0.15, -0.1) is 0 Å². The molecule has 44 heavy (non-hydrogen) atoms. The van der Waals surface area contributed by atoms with Crippen molar-refractivity contribution in [1.29, 1.82) is 10.5 Å². The number of alkyl halides is 6. The number of amidine groups is 1. The molecule has 14 heteroatoms. The number of hydrogen-bond acceptors (Lipinski definition) is 4. The second kappa shape index (κ2) is 11.2. The lowest BCUT2D eigenvalue weighted by Gasteiger charge is -2.44. The Kier molecular flexibility index (Phi) is 7.86. The molecule has 3 aromatic carbocycles. The topological polar surface area (TPSA) is 78.4 Å². The lowest BCUT2D eigenvalue weighted by Crippen LogP contribution is -2.55. The predicted octanol–water partition coefficient (Wildman–Crippen LogP) is 8.11. The smallest absolute Gasteiger partial charge is 0.331 e. The first-order chi connectivity index (χ1) is 20.7. The first-order valence-electron chi connectivity index (χ1n) is 13.0. The van der Waals surface area contributed by atoms with Crippen LogP contribution in [0, 0.1) is 29.6 Å². The minimum absolute atomic E-state index is 0.0125. The van der Waals surface area contributed by atoms with Crippen molar-refractivity contribution in [3.05, 3.63) is 88.5 Å². The van der Waals surface area contributed by atoms with Crippen LogP contribution in [0.3, 0.4) is 0 Å². The normalized spacial score (nSPS) is 16.9. The van der Waals surface area contributed by atoms with Crippen molar-refractivity contribution in [3.63, 3.8) is 0 Å². The standard InChI is InChI=1S/C30H20F6N6S2/c1-17-3-8-21(9-4-17)42-27(44)41(22-10-6-19(16-38)24(14-22)30(34,35)36)25(28(42)11-2-12-28)40-26(43)39-20-7-5-18(15-37)23(13-20)29(31,32)33/h3-10,13-14H,2,11-12H2,1H3,(H,39,43)/b40-25-. The Morgan fingerprint density at radius 3 is 1.93 bits per heavy atom. The molecule has 2 fully saturated rings. The molecule has 3 aromatic rings. The summed E-state index contributed by atoms with van der Waals surface area (Å²) in [6.45, 7) is 1.90. The summed E-state index contributed by atoms with van der Waals surface area (Å²) in [6.07, 6.45) is -7.88. The van der Waals surface area contributed by atoms with Crippen LogP contribution in [0.5, 0.6) is 0 Å². The number of aliphatic imine (C=N–C) groups is 1. The van der Waals surface area contributed by atoms with E-state index < -0.39 is 40.1 Å². The summed E-state index contributed by atoms with van der Waals surface area (Å²) in [5, 5.41) is 20.9. The number of halogens is 6. The Hall–Kier alpha value is -4.53. The highest BCUT2D eigenvalue weighted by Crippen LogP contribution is 2.49. The molecular weight excluding hydrogens is 622 g/mol. The summed E-state index contributed by atoms with van der Waals surface area (Å²) in [4.78, 5) is 7.73. The van der Waals surface area contributed by atoms with Gasteiger partial charge in [-0.3, -0.25) is 4.90 Å². The van der Waals surface area contributed by atoms with Gasteiger partial charge < -0.3 is 10.2 Å². The van der Waals surface area contributed by atoms with Crippen LogP contribution < -0.4 is 15.1 Å². The minimum atomic E-state index is -4.84. The zero-order valence-electron chi connectivity index (χ0n) is 22.7. The van der Waals surface area contributed by atoms with E-state index >= 15 is 0 Å². The van der Waals surface area contributed by atoms with Crippen LogP contribution in [0.25, 0.3) is 0 Å². The minimum Gasteiger partial charge on any atom is -0.331 e. The number of aryl methyl sites for hydroxylation is 1. The van der Waals surface area contributed by atoms with Crippen LogP contribution in [0.2, 0.25) is 0 Å². The van der Waals surface area contributed by atoms with Crippen molar-refractivity contribution in [3.8, 4) is 12.1 Å². The molecule has 1 spiro atoms. The maximum atomic E-state index is 14.0. The van der Waals surface area contributed by atoms with Gasteiger partial charge in [-0.25, -0.2) is 4.99 Å². The molecule has 1 saturated heterocycles. The average Bonchev–Trinajstić information content (AvgIpc) is 3.20. The van der Waals surface area contributed by atoms with Gasteiger partial charge in [-0.1, -0.05) is 17.7 Å².